The number of methoxy groups -OCH3 is 1. The first-order valence-electron chi connectivity index (χ1n) is 7.30. The number of benzene rings is 1. The molecule has 0 N–H and O–H groups in total. The van der Waals surface area contributed by atoms with Gasteiger partial charge in [0, 0.05) is 18.0 Å². The van der Waals surface area contributed by atoms with Crippen LogP contribution in [0.2, 0.25) is 0 Å². The number of ketones is 1. The number of carbonyl (C=O) groups excluding carboxylic acids is 1. The number of hydrogen-bond donors (Lipinski definition) is 0. The second-order valence-electron chi connectivity index (χ2n) is 6.74. The van der Waals surface area contributed by atoms with E-state index in [9.17, 15) is 9.18 Å². The van der Waals surface area contributed by atoms with Crippen LogP contribution in [0, 0.1) is 11.2 Å². The van der Waals surface area contributed by atoms with E-state index in [4.69, 9.17) is 4.74 Å². The third-order valence-corrected chi connectivity index (χ3v) is 5.06. The van der Waals surface area contributed by atoms with Crippen molar-refractivity contribution in [2.24, 2.45) is 5.41 Å². The summed E-state index contributed by atoms with van der Waals surface area (Å²) >= 11 is 3.26. The van der Waals surface area contributed by atoms with Crippen LogP contribution >= 0.6 is 15.9 Å². The predicted molar refractivity (Wildman–Crippen MR) is 84.8 cm³/mol. The van der Waals surface area contributed by atoms with Crippen LogP contribution in [0.4, 0.5) is 4.39 Å². The topological polar surface area (TPSA) is 26.3 Å². The van der Waals surface area contributed by atoms with Crippen molar-refractivity contribution in [1.82, 2.24) is 0 Å². The number of hydrogen-bond acceptors (Lipinski definition) is 2. The zero-order valence-electron chi connectivity index (χ0n) is 12.8. The van der Waals surface area contributed by atoms with Crippen molar-refractivity contribution in [1.29, 1.82) is 0 Å². The Labute approximate surface area is 134 Å². The Balaban J connectivity index is 2.14. The number of carbonyl (C=O) groups is 1. The fourth-order valence-electron chi connectivity index (χ4n) is 2.99. The first kappa shape index (κ1) is 16.6. The number of ether oxygens (including phenoxy) is 1. The molecule has 0 radical (unpaired) electrons. The van der Waals surface area contributed by atoms with E-state index >= 15 is 0 Å². The van der Waals surface area contributed by atoms with Gasteiger partial charge in [-0.15, -0.1) is 0 Å². The molecule has 1 aromatic rings. The normalized spacial score (nSPS) is 20.2. The molecule has 0 bridgehead atoms. The van der Waals surface area contributed by atoms with Crippen LogP contribution in [-0.4, -0.2) is 18.5 Å². The van der Waals surface area contributed by atoms with Crippen molar-refractivity contribution in [3.63, 3.8) is 0 Å². The molecule has 0 amide bonds. The Hall–Kier alpha value is -0.740. The van der Waals surface area contributed by atoms with E-state index in [0.717, 1.165) is 25.7 Å². The zero-order valence-corrected chi connectivity index (χ0v) is 14.4. The summed E-state index contributed by atoms with van der Waals surface area (Å²) in [6.07, 6.45) is 3.64. The molecule has 0 aromatic heterocycles. The monoisotopic (exact) mass is 356 g/mol. The van der Waals surface area contributed by atoms with Crippen LogP contribution in [0.5, 0.6) is 0 Å². The Morgan fingerprint density at radius 1 is 1.24 bits per heavy atom. The molecule has 2 nitrogen and oxygen atoms in total. The largest absolute Gasteiger partial charge is 0.370 e. The van der Waals surface area contributed by atoms with Gasteiger partial charge < -0.3 is 4.74 Å². The molecule has 2 rings (SSSR count). The molecule has 0 unspecified atom stereocenters. The maximum atomic E-state index is 13.4. The van der Waals surface area contributed by atoms with Crippen LogP contribution in [-0.2, 0) is 16.0 Å². The number of halogens is 2. The van der Waals surface area contributed by atoms with Gasteiger partial charge in [0.25, 0.3) is 0 Å². The lowest BCUT2D eigenvalue weighted by Gasteiger charge is -2.41. The molecule has 116 valence electrons. The van der Waals surface area contributed by atoms with Crippen molar-refractivity contribution in [3.05, 3.63) is 34.1 Å². The molecule has 0 saturated heterocycles. The van der Waals surface area contributed by atoms with Crippen LogP contribution in [0.15, 0.2) is 22.7 Å². The molecule has 1 aromatic carbocycles. The molecule has 0 heterocycles. The Bertz CT molecular complexity index is 509. The highest BCUT2D eigenvalue weighted by atomic mass is 79.9. The van der Waals surface area contributed by atoms with Gasteiger partial charge in [-0.25, -0.2) is 4.39 Å². The molecule has 1 fully saturated rings. The summed E-state index contributed by atoms with van der Waals surface area (Å²) in [6, 6.07) is 4.60. The minimum Gasteiger partial charge on any atom is -0.370 e. The highest BCUT2D eigenvalue weighted by molar-refractivity contribution is 9.10. The van der Waals surface area contributed by atoms with Gasteiger partial charge in [0.15, 0.2) is 5.78 Å². The first-order chi connectivity index (χ1) is 9.76. The second-order valence-corrected chi connectivity index (χ2v) is 7.66. The van der Waals surface area contributed by atoms with Crippen LogP contribution in [0.25, 0.3) is 0 Å². The lowest BCUT2D eigenvalue weighted by atomic mass is 9.69. The van der Waals surface area contributed by atoms with Crippen molar-refractivity contribution < 1.29 is 13.9 Å². The van der Waals surface area contributed by atoms with Crippen molar-refractivity contribution in [2.75, 3.05) is 7.11 Å². The fourth-order valence-corrected chi connectivity index (χ4v) is 3.50. The van der Waals surface area contributed by atoms with E-state index in [1.54, 1.807) is 13.2 Å². The summed E-state index contributed by atoms with van der Waals surface area (Å²) in [5.41, 5.74) is 0.256. The highest BCUT2D eigenvalue weighted by Gasteiger charge is 2.43. The van der Waals surface area contributed by atoms with Gasteiger partial charge >= 0.3 is 0 Å². The van der Waals surface area contributed by atoms with Gasteiger partial charge in [0.05, 0.1) is 0 Å². The average molecular weight is 357 g/mol. The standard InChI is InChI=1S/C17H22BrFO2/c1-16(2)4-6-17(21-3,7-5-16)15(20)10-12-8-13(18)11-14(19)9-12/h8-9,11H,4-7,10H2,1-3H3. The summed E-state index contributed by atoms with van der Waals surface area (Å²) in [7, 11) is 1.61. The Morgan fingerprint density at radius 2 is 1.86 bits per heavy atom. The Morgan fingerprint density at radius 3 is 2.38 bits per heavy atom. The highest BCUT2D eigenvalue weighted by Crippen LogP contribution is 2.42. The maximum absolute atomic E-state index is 13.4. The van der Waals surface area contributed by atoms with Crippen LogP contribution in [0.3, 0.4) is 0 Å². The van der Waals surface area contributed by atoms with E-state index in [1.807, 2.05) is 0 Å². The van der Waals surface area contributed by atoms with Crippen molar-refractivity contribution in [3.8, 4) is 0 Å². The SMILES string of the molecule is COC1(C(=O)Cc2cc(F)cc(Br)c2)CCC(C)(C)CC1. The molecule has 21 heavy (non-hydrogen) atoms. The quantitative estimate of drug-likeness (QED) is 0.782. The minimum absolute atomic E-state index is 0.0537. The molecule has 1 saturated carbocycles. The third kappa shape index (κ3) is 3.92. The van der Waals surface area contributed by atoms with Gasteiger partial charge in [0.1, 0.15) is 11.4 Å². The van der Waals surface area contributed by atoms with E-state index in [0.29, 0.717) is 10.0 Å². The van der Waals surface area contributed by atoms with Gasteiger partial charge in [-0.05, 0) is 54.9 Å². The molecule has 0 atom stereocenters. The lowest BCUT2D eigenvalue weighted by molar-refractivity contribution is -0.147. The zero-order chi connectivity index (χ0) is 15.7. The summed E-state index contributed by atoms with van der Waals surface area (Å²) in [6.45, 7) is 4.45. The summed E-state index contributed by atoms with van der Waals surface area (Å²) < 4.78 is 19.7. The molecule has 1 aliphatic carbocycles. The fraction of sp³-hybridized carbons (Fsp3) is 0.588. The summed E-state index contributed by atoms with van der Waals surface area (Å²) in [4.78, 5) is 12.7. The van der Waals surface area contributed by atoms with E-state index in [2.05, 4.69) is 29.8 Å². The van der Waals surface area contributed by atoms with Crippen molar-refractivity contribution >= 4 is 21.7 Å². The predicted octanol–water partition coefficient (Wildman–Crippen LogP) is 4.69. The van der Waals surface area contributed by atoms with Gasteiger partial charge in [-0.3, -0.25) is 4.79 Å². The average Bonchev–Trinajstić information content (AvgIpc) is 2.38. The van der Waals surface area contributed by atoms with Crippen LogP contribution < -0.4 is 0 Å². The molecular weight excluding hydrogens is 335 g/mol. The van der Waals surface area contributed by atoms with Gasteiger partial charge in [0.2, 0.25) is 0 Å². The summed E-state index contributed by atoms with van der Waals surface area (Å²) in [5, 5.41) is 0. The molecule has 0 spiro atoms. The summed E-state index contributed by atoms with van der Waals surface area (Å²) in [5.74, 6) is -0.276. The van der Waals surface area contributed by atoms with Gasteiger partial charge in [-0.2, -0.15) is 0 Å². The van der Waals surface area contributed by atoms with E-state index < -0.39 is 5.60 Å². The van der Waals surface area contributed by atoms with Crippen LogP contribution in [0.1, 0.15) is 45.1 Å². The second kappa shape index (κ2) is 6.17. The maximum Gasteiger partial charge on any atom is 0.168 e. The first-order valence-corrected chi connectivity index (χ1v) is 8.09. The van der Waals surface area contributed by atoms with Crippen molar-refractivity contribution in [2.45, 2.75) is 51.6 Å². The molecule has 1 aliphatic rings. The lowest BCUT2D eigenvalue weighted by Crippen LogP contribution is -2.46. The molecule has 4 heteroatoms. The van der Waals surface area contributed by atoms with Gasteiger partial charge in [-0.1, -0.05) is 29.8 Å². The molecular formula is C17H22BrFO2. The minimum atomic E-state index is -0.700. The number of rotatable bonds is 4. The van der Waals surface area contributed by atoms with E-state index in [1.165, 1.54) is 12.1 Å². The van der Waals surface area contributed by atoms with E-state index in [-0.39, 0.29) is 23.4 Å². The smallest absolute Gasteiger partial charge is 0.168 e. The third-order valence-electron chi connectivity index (χ3n) is 4.60. The Kier molecular flexibility index (Phi) is 4.89. The molecule has 0 aliphatic heterocycles. The number of Topliss-reactive ketones (excluding diaryl/α,β-unsaturated/α-hetero) is 1.